The fraction of sp³-hybridized carbons (Fsp3) is 0.333. The smallest absolute Gasteiger partial charge is 0.374 e. The molecule has 0 bridgehead atoms. The van der Waals surface area contributed by atoms with Crippen LogP contribution in [0.3, 0.4) is 0 Å². The Balaban J connectivity index is 2.64. The number of carbonyl (C=O) groups excluding carboxylic acids is 3. The lowest BCUT2D eigenvalue weighted by Gasteiger charge is -1.96. The Morgan fingerprint density at radius 3 is 2.60 bits per heavy atom. The third kappa shape index (κ3) is 2.73. The van der Waals surface area contributed by atoms with Crippen molar-refractivity contribution in [2.45, 2.75) is 6.42 Å². The van der Waals surface area contributed by atoms with Crippen LogP contribution in [-0.4, -0.2) is 34.4 Å². The molecule has 0 saturated heterocycles. The maximum Gasteiger partial charge on any atom is 0.374 e. The van der Waals surface area contributed by atoms with E-state index < -0.39 is 24.0 Å². The summed E-state index contributed by atoms with van der Waals surface area (Å²) in [4.78, 5) is 33.2. The Kier molecular flexibility index (Phi) is 3.33. The van der Waals surface area contributed by atoms with Gasteiger partial charge in [0.2, 0.25) is 5.78 Å². The van der Waals surface area contributed by atoms with E-state index in [0.29, 0.717) is 0 Å². The van der Waals surface area contributed by atoms with Crippen LogP contribution in [0.4, 0.5) is 0 Å². The van der Waals surface area contributed by atoms with Crippen molar-refractivity contribution in [2.75, 3.05) is 7.11 Å². The van der Waals surface area contributed by atoms with E-state index in [1.165, 1.54) is 10.7 Å². The van der Waals surface area contributed by atoms with Crippen LogP contribution in [0.15, 0.2) is 12.3 Å². The molecule has 1 aromatic rings. The number of ether oxygens (including phenoxy) is 1. The van der Waals surface area contributed by atoms with Crippen LogP contribution in [0.1, 0.15) is 16.9 Å². The summed E-state index contributed by atoms with van der Waals surface area (Å²) >= 11 is 0. The zero-order valence-electron chi connectivity index (χ0n) is 8.39. The molecule has 0 aliphatic heterocycles. The number of hydrogen-bond acceptors (Lipinski definition) is 5. The number of ketones is 2. The van der Waals surface area contributed by atoms with Gasteiger partial charge in [-0.2, -0.15) is 5.10 Å². The highest BCUT2D eigenvalue weighted by atomic mass is 16.5. The van der Waals surface area contributed by atoms with Gasteiger partial charge in [0.05, 0.1) is 13.5 Å². The summed E-state index contributed by atoms with van der Waals surface area (Å²) in [5.74, 6) is -2.38. The third-order valence-electron chi connectivity index (χ3n) is 1.73. The molecule has 0 aliphatic carbocycles. The zero-order chi connectivity index (χ0) is 11.4. The van der Waals surface area contributed by atoms with Gasteiger partial charge in [-0.25, -0.2) is 4.79 Å². The second-order valence-corrected chi connectivity index (χ2v) is 2.89. The molecule has 0 amide bonds. The number of aromatic nitrogens is 2. The maximum atomic E-state index is 11.4. The monoisotopic (exact) mass is 210 g/mol. The summed E-state index contributed by atoms with van der Waals surface area (Å²) in [6, 6.07) is 1.48. The molecule has 0 N–H and O–H groups in total. The quantitative estimate of drug-likeness (QED) is 0.296. The lowest BCUT2D eigenvalue weighted by atomic mass is 10.1. The first-order chi connectivity index (χ1) is 7.04. The van der Waals surface area contributed by atoms with E-state index in [2.05, 4.69) is 9.84 Å². The second kappa shape index (κ2) is 4.50. The molecule has 80 valence electrons. The fourth-order valence-electron chi connectivity index (χ4n) is 0.986. The summed E-state index contributed by atoms with van der Waals surface area (Å²) in [5.41, 5.74) is 0.162. The van der Waals surface area contributed by atoms with Gasteiger partial charge in [0.1, 0.15) is 5.69 Å². The lowest BCUT2D eigenvalue weighted by molar-refractivity contribution is -0.151. The third-order valence-corrected chi connectivity index (χ3v) is 1.73. The van der Waals surface area contributed by atoms with E-state index in [-0.39, 0.29) is 5.69 Å². The van der Waals surface area contributed by atoms with Crippen molar-refractivity contribution in [1.29, 1.82) is 0 Å². The molecule has 15 heavy (non-hydrogen) atoms. The van der Waals surface area contributed by atoms with Crippen LogP contribution in [0.25, 0.3) is 0 Å². The van der Waals surface area contributed by atoms with Crippen LogP contribution in [-0.2, 0) is 21.4 Å². The number of methoxy groups -OCH3 is 1. The number of hydrogen-bond donors (Lipinski definition) is 0. The Bertz CT molecular complexity index is 408. The van der Waals surface area contributed by atoms with Crippen LogP contribution in [0, 0.1) is 0 Å². The number of carbonyl (C=O) groups is 3. The topological polar surface area (TPSA) is 78.3 Å². The highest BCUT2D eigenvalue weighted by Crippen LogP contribution is 2.00. The molecule has 0 spiro atoms. The molecule has 0 radical (unpaired) electrons. The first kappa shape index (κ1) is 11.1. The molecular weight excluding hydrogens is 200 g/mol. The minimum absolute atomic E-state index is 0.162. The largest absolute Gasteiger partial charge is 0.463 e. The number of rotatable bonds is 4. The molecule has 6 heteroatoms. The molecule has 0 aliphatic rings. The summed E-state index contributed by atoms with van der Waals surface area (Å²) in [6.45, 7) is 0. The number of aryl methyl sites for hydroxylation is 1. The summed E-state index contributed by atoms with van der Waals surface area (Å²) in [5, 5.41) is 3.81. The average molecular weight is 210 g/mol. The van der Waals surface area contributed by atoms with Crippen molar-refractivity contribution in [1.82, 2.24) is 9.78 Å². The van der Waals surface area contributed by atoms with Crippen LogP contribution in [0.2, 0.25) is 0 Å². The standard InChI is InChI=1S/C9H10N2O4/c1-11-4-3-6(10-11)7(12)5-8(13)9(14)15-2/h3-4H,5H2,1-2H3. The Morgan fingerprint density at radius 1 is 1.47 bits per heavy atom. The first-order valence-corrected chi connectivity index (χ1v) is 4.18. The van der Waals surface area contributed by atoms with Gasteiger partial charge < -0.3 is 4.74 Å². The number of esters is 1. The average Bonchev–Trinajstić information content (AvgIpc) is 2.63. The van der Waals surface area contributed by atoms with E-state index in [1.807, 2.05) is 0 Å². The Hall–Kier alpha value is -1.98. The maximum absolute atomic E-state index is 11.4. The van der Waals surface area contributed by atoms with Gasteiger partial charge in [-0.15, -0.1) is 0 Å². The van der Waals surface area contributed by atoms with Gasteiger partial charge >= 0.3 is 5.97 Å². The molecule has 1 rings (SSSR count). The highest BCUT2D eigenvalue weighted by Gasteiger charge is 2.20. The van der Waals surface area contributed by atoms with Crippen molar-refractivity contribution >= 4 is 17.5 Å². The van der Waals surface area contributed by atoms with Gasteiger partial charge in [0.25, 0.3) is 0 Å². The minimum atomic E-state index is -1.01. The van der Waals surface area contributed by atoms with Gasteiger partial charge in [0.15, 0.2) is 5.78 Å². The van der Waals surface area contributed by atoms with E-state index in [0.717, 1.165) is 7.11 Å². The molecular formula is C9H10N2O4. The highest BCUT2D eigenvalue weighted by molar-refractivity contribution is 6.37. The molecule has 0 aromatic carbocycles. The van der Waals surface area contributed by atoms with E-state index in [4.69, 9.17) is 0 Å². The fourth-order valence-corrected chi connectivity index (χ4v) is 0.986. The van der Waals surface area contributed by atoms with Crippen molar-refractivity contribution in [3.05, 3.63) is 18.0 Å². The molecule has 1 aromatic heterocycles. The van der Waals surface area contributed by atoms with E-state index >= 15 is 0 Å². The van der Waals surface area contributed by atoms with Gasteiger partial charge in [-0.1, -0.05) is 0 Å². The SMILES string of the molecule is COC(=O)C(=O)CC(=O)c1ccn(C)n1. The summed E-state index contributed by atoms with van der Waals surface area (Å²) in [7, 11) is 2.74. The van der Waals surface area contributed by atoms with Gasteiger partial charge in [-0.05, 0) is 6.07 Å². The first-order valence-electron chi connectivity index (χ1n) is 4.18. The van der Waals surface area contributed by atoms with Crippen molar-refractivity contribution in [3.63, 3.8) is 0 Å². The van der Waals surface area contributed by atoms with E-state index in [9.17, 15) is 14.4 Å². The van der Waals surface area contributed by atoms with Crippen molar-refractivity contribution < 1.29 is 19.1 Å². The summed E-state index contributed by atoms with van der Waals surface area (Å²) < 4.78 is 5.63. The predicted octanol–water partition coefficient (Wildman–Crippen LogP) is -0.265. The molecule has 0 saturated carbocycles. The lowest BCUT2D eigenvalue weighted by Crippen LogP contribution is -2.19. The van der Waals surface area contributed by atoms with Crippen LogP contribution in [0.5, 0.6) is 0 Å². The van der Waals surface area contributed by atoms with Crippen molar-refractivity contribution in [2.24, 2.45) is 7.05 Å². The van der Waals surface area contributed by atoms with Gasteiger partial charge in [0, 0.05) is 13.2 Å². The number of Topliss-reactive ketones (excluding diaryl/α,β-unsaturated/α-hetero) is 2. The van der Waals surface area contributed by atoms with Crippen LogP contribution >= 0.6 is 0 Å². The Morgan fingerprint density at radius 2 is 2.13 bits per heavy atom. The molecule has 0 fully saturated rings. The zero-order valence-corrected chi connectivity index (χ0v) is 8.39. The van der Waals surface area contributed by atoms with Crippen LogP contribution < -0.4 is 0 Å². The molecule has 1 heterocycles. The van der Waals surface area contributed by atoms with E-state index in [1.54, 1.807) is 13.2 Å². The van der Waals surface area contributed by atoms with Gasteiger partial charge in [-0.3, -0.25) is 14.3 Å². The predicted molar refractivity (Wildman–Crippen MR) is 49.2 cm³/mol. The molecule has 6 nitrogen and oxygen atoms in total. The van der Waals surface area contributed by atoms with Crippen molar-refractivity contribution in [3.8, 4) is 0 Å². The molecule has 0 atom stereocenters. The minimum Gasteiger partial charge on any atom is -0.463 e. The summed E-state index contributed by atoms with van der Waals surface area (Å²) in [6.07, 6.45) is 1.07. The molecule has 0 unspecified atom stereocenters. The normalized spacial score (nSPS) is 9.73. The number of nitrogens with zero attached hydrogens (tertiary/aromatic N) is 2. The second-order valence-electron chi connectivity index (χ2n) is 2.89. The Labute approximate surface area is 85.8 Å².